The average molecular weight is 419 g/mol. The quantitative estimate of drug-likeness (QED) is 0.654. The second-order valence-corrected chi connectivity index (χ2v) is 8.89. The van der Waals surface area contributed by atoms with E-state index in [4.69, 9.17) is 0 Å². The van der Waals surface area contributed by atoms with Gasteiger partial charge in [-0.05, 0) is 24.6 Å². The van der Waals surface area contributed by atoms with Gasteiger partial charge in [0.1, 0.15) is 4.88 Å². The molecule has 30 heavy (non-hydrogen) atoms. The lowest BCUT2D eigenvalue weighted by molar-refractivity contribution is 0.0677. The Hall–Kier alpha value is -3.06. The van der Waals surface area contributed by atoms with E-state index in [1.54, 1.807) is 17.9 Å². The van der Waals surface area contributed by atoms with E-state index in [0.29, 0.717) is 30.1 Å². The summed E-state index contributed by atoms with van der Waals surface area (Å²) in [6.45, 7) is 3.87. The van der Waals surface area contributed by atoms with E-state index >= 15 is 0 Å². The number of carbonyl (C=O) groups excluding carboxylic acids is 2. The molecule has 7 heteroatoms. The number of rotatable bonds is 3. The lowest BCUT2D eigenvalue weighted by Crippen LogP contribution is -2.37. The highest BCUT2D eigenvalue weighted by Crippen LogP contribution is 2.45. The van der Waals surface area contributed by atoms with Crippen molar-refractivity contribution >= 4 is 23.2 Å². The van der Waals surface area contributed by atoms with Crippen LogP contribution in [0, 0.1) is 18.8 Å². The molecule has 2 aliphatic heterocycles. The van der Waals surface area contributed by atoms with Gasteiger partial charge in [0.15, 0.2) is 0 Å². The molecule has 2 fully saturated rings. The molecule has 2 aromatic heterocycles. The summed E-state index contributed by atoms with van der Waals surface area (Å²) >= 11 is 1.37. The van der Waals surface area contributed by atoms with E-state index in [-0.39, 0.29) is 29.7 Å². The van der Waals surface area contributed by atoms with Crippen molar-refractivity contribution in [3.05, 3.63) is 82.1 Å². The van der Waals surface area contributed by atoms with Crippen LogP contribution in [0.5, 0.6) is 0 Å². The van der Waals surface area contributed by atoms with Crippen LogP contribution in [0.4, 0.5) is 0 Å². The number of carbonyl (C=O) groups is 2. The Morgan fingerprint density at radius 3 is 2.53 bits per heavy atom. The van der Waals surface area contributed by atoms with Gasteiger partial charge < -0.3 is 9.80 Å². The molecule has 0 spiro atoms. The highest BCUT2D eigenvalue weighted by molar-refractivity contribution is 7.11. The van der Waals surface area contributed by atoms with Gasteiger partial charge in [0.25, 0.3) is 11.8 Å². The molecule has 4 heterocycles. The van der Waals surface area contributed by atoms with Crippen molar-refractivity contribution in [2.75, 3.05) is 19.6 Å². The number of aryl methyl sites for hydroxylation is 1. The van der Waals surface area contributed by atoms with Crippen molar-refractivity contribution in [3.63, 3.8) is 0 Å². The van der Waals surface area contributed by atoms with E-state index in [1.165, 1.54) is 11.3 Å². The summed E-state index contributed by atoms with van der Waals surface area (Å²) in [6, 6.07) is 13.8. The van der Waals surface area contributed by atoms with Gasteiger partial charge in [0.2, 0.25) is 0 Å². The number of amides is 2. The largest absolute Gasteiger partial charge is 0.337 e. The minimum atomic E-state index is -0.0516. The summed E-state index contributed by atoms with van der Waals surface area (Å²) in [5.41, 5.74) is 4.30. The van der Waals surface area contributed by atoms with Gasteiger partial charge >= 0.3 is 0 Å². The summed E-state index contributed by atoms with van der Waals surface area (Å²) in [5, 5.41) is 0. The fourth-order valence-corrected chi connectivity index (χ4v) is 5.32. The number of hydrogen-bond acceptors (Lipinski definition) is 5. The van der Waals surface area contributed by atoms with Gasteiger partial charge in [-0.25, -0.2) is 0 Å². The molecule has 0 N–H and O–H groups in total. The molecule has 0 saturated carbocycles. The lowest BCUT2D eigenvalue weighted by Gasteiger charge is -2.30. The Morgan fingerprint density at radius 2 is 1.83 bits per heavy atom. The van der Waals surface area contributed by atoms with Gasteiger partial charge in [0.05, 0.1) is 23.3 Å². The SMILES string of the molecule is Cc1ccc(C(=O)N2C[C@@H]3CN(C(=O)c4cncs4)C[C@@H]3[C@H]2c2ccccc2)cn1. The molecule has 3 aromatic rings. The lowest BCUT2D eigenvalue weighted by atomic mass is 9.89. The normalized spacial score (nSPS) is 22.9. The first-order valence-corrected chi connectivity index (χ1v) is 11.0. The van der Waals surface area contributed by atoms with Gasteiger partial charge in [-0.3, -0.25) is 19.6 Å². The average Bonchev–Trinajstić information content (AvgIpc) is 3.50. The Balaban J connectivity index is 1.44. The van der Waals surface area contributed by atoms with E-state index in [9.17, 15) is 9.59 Å². The van der Waals surface area contributed by atoms with Crippen LogP contribution in [0.15, 0.2) is 60.4 Å². The minimum Gasteiger partial charge on any atom is -0.337 e. The third-order valence-electron chi connectivity index (χ3n) is 6.15. The van der Waals surface area contributed by atoms with Gasteiger partial charge in [-0.1, -0.05) is 30.3 Å². The van der Waals surface area contributed by atoms with Crippen molar-refractivity contribution in [2.24, 2.45) is 11.8 Å². The van der Waals surface area contributed by atoms with Crippen molar-refractivity contribution in [3.8, 4) is 0 Å². The van der Waals surface area contributed by atoms with E-state index in [2.05, 4.69) is 22.1 Å². The van der Waals surface area contributed by atoms with Gasteiger partial charge in [-0.15, -0.1) is 11.3 Å². The van der Waals surface area contributed by atoms with Crippen LogP contribution in [-0.4, -0.2) is 51.2 Å². The standard InChI is InChI=1S/C23H22N4O2S/c1-15-7-8-17(9-25-15)22(28)27-12-18-11-26(23(29)20-10-24-14-30-20)13-19(18)21(27)16-5-3-2-4-6-16/h2-10,14,18-19,21H,11-13H2,1H3/t18-,19-,21+/m0/s1. The molecule has 0 bridgehead atoms. The number of aromatic nitrogens is 2. The molecule has 1 aromatic carbocycles. The zero-order chi connectivity index (χ0) is 20.7. The van der Waals surface area contributed by atoms with Crippen LogP contribution < -0.4 is 0 Å². The first-order chi connectivity index (χ1) is 14.6. The number of fused-ring (bicyclic) bond motifs is 1. The van der Waals surface area contributed by atoms with Gasteiger partial charge in [-0.2, -0.15) is 0 Å². The van der Waals surface area contributed by atoms with Crippen molar-refractivity contribution in [2.45, 2.75) is 13.0 Å². The van der Waals surface area contributed by atoms with Crippen LogP contribution in [0.25, 0.3) is 0 Å². The summed E-state index contributed by atoms with van der Waals surface area (Å²) in [6.07, 6.45) is 3.30. The molecule has 2 saturated heterocycles. The third kappa shape index (κ3) is 3.29. The Kier molecular flexibility index (Phi) is 4.83. The zero-order valence-electron chi connectivity index (χ0n) is 16.6. The van der Waals surface area contributed by atoms with Crippen LogP contribution in [0.3, 0.4) is 0 Å². The molecule has 5 rings (SSSR count). The fourth-order valence-electron chi connectivity index (χ4n) is 4.73. The molecular formula is C23H22N4O2S. The smallest absolute Gasteiger partial charge is 0.265 e. The van der Waals surface area contributed by atoms with Crippen LogP contribution in [0.1, 0.15) is 37.3 Å². The summed E-state index contributed by atoms with van der Waals surface area (Å²) in [7, 11) is 0. The van der Waals surface area contributed by atoms with Gasteiger partial charge in [0, 0.05) is 43.4 Å². The molecule has 2 amide bonds. The number of benzene rings is 1. The highest BCUT2D eigenvalue weighted by atomic mass is 32.1. The van der Waals surface area contributed by atoms with Crippen molar-refractivity contribution in [1.29, 1.82) is 0 Å². The zero-order valence-corrected chi connectivity index (χ0v) is 17.5. The van der Waals surface area contributed by atoms with E-state index in [1.807, 2.05) is 47.1 Å². The highest BCUT2D eigenvalue weighted by Gasteiger charge is 2.50. The molecule has 152 valence electrons. The number of nitrogens with zero attached hydrogens (tertiary/aromatic N) is 4. The maximum atomic E-state index is 13.4. The fraction of sp³-hybridized carbons (Fsp3) is 0.304. The predicted molar refractivity (Wildman–Crippen MR) is 114 cm³/mol. The minimum absolute atomic E-state index is 0.00564. The molecule has 6 nitrogen and oxygen atoms in total. The summed E-state index contributed by atoms with van der Waals surface area (Å²) < 4.78 is 0. The van der Waals surface area contributed by atoms with Crippen LogP contribution in [-0.2, 0) is 0 Å². The monoisotopic (exact) mass is 418 g/mol. The Bertz CT molecular complexity index is 1050. The number of pyridine rings is 1. The first-order valence-electron chi connectivity index (χ1n) is 10.1. The Labute approximate surface area is 179 Å². The number of thiazole rings is 1. The maximum Gasteiger partial charge on any atom is 0.265 e. The summed E-state index contributed by atoms with van der Waals surface area (Å²) in [5.74, 6) is 0.520. The third-order valence-corrected chi connectivity index (χ3v) is 6.92. The molecule has 0 unspecified atom stereocenters. The van der Waals surface area contributed by atoms with E-state index in [0.717, 1.165) is 11.3 Å². The van der Waals surface area contributed by atoms with Crippen LogP contribution >= 0.6 is 11.3 Å². The molecule has 0 aliphatic carbocycles. The topological polar surface area (TPSA) is 66.4 Å². The molecule has 0 radical (unpaired) electrons. The van der Waals surface area contributed by atoms with E-state index < -0.39 is 0 Å². The molecular weight excluding hydrogens is 396 g/mol. The van der Waals surface area contributed by atoms with Crippen molar-refractivity contribution < 1.29 is 9.59 Å². The predicted octanol–water partition coefficient (Wildman–Crippen LogP) is 3.43. The number of hydrogen-bond donors (Lipinski definition) is 0. The second kappa shape index (κ2) is 7.65. The summed E-state index contributed by atoms with van der Waals surface area (Å²) in [4.78, 5) is 39.1. The molecule has 2 aliphatic rings. The second-order valence-electron chi connectivity index (χ2n) is 8.00. The maximum absolute atomic E-state index is 13.4. The Morgan fingerprint density at radius 1 is 1.00 bits per heavy atom. The number of likely N-dealkylation sites (tertiary alicyclic amines) is 2. The van der Waals surface area contributed by atoms with Crippen LogP contribution in [0.2, 0.25) is 0 Å². The molecule has 3 atom stereocenters. The first kappa shape index (κ1) is 18.9. The van der Waals surface area contributed by atoms with Crippen molar-refractivity contribution in [1.82, 2.24) is 19.8 Å².